The predicted molar refractivity (Wildman–Crippen MR) is 48.6 cm³/mol. The van der Waals surface area contributed by atoms with E-state index in [0.29, 0.717) is 0 Å². The van der Waals surface area contributed by atoms with Crippen LogP contribution in [0, 0.1) is 5.92 Å². The molecule has 2 unspecified atom stereocenters. The molecule has 0 spiro atoms. The van der Waals surface area contributed by atoms with E-state index in [9.17, 15) is 4.79 Å². The summed E-state index contributed by atoms with van der Waals surface area (Å²) in [6.45, 7) is 6.29. The molecular weight excluding hydrogens is 152 g/mol. The van der Waals surface area contributed by atoms with E-state index in [1.165, 1.54) is 6.42 Å². The molecule has 0 aromatic heterocycles. The summed E-state index contributed by atoms with van der Waals surface area (Å²) in [5.74, 6) is 0.546. The Kier molecular flexibility index (Phi) is 3.09. The van der Waals surface area contributed by atoms with Crippen LogP contribution in [0.4, 0.5) is 0 Å². The van der Waals surface area contributed by atoms with Crippen molar-refractivity contribution in [2.24, 2.45) is 11.7 Å². The molecule has 0 radical (unpaired) electrons. The Bertz CT molecular complexity index is 170. The Morgan fingerprint density at radius 1 is 1.75 bits per heavy atom. The van der Waals surface area contributed by atoms with Gasteiger partial charge in [-0.3, -0.25) is 9.69 Å². The molecule has 70 valence electrons. The fourth-order valence-electron chi connectivity index (χ4n) is 1.89. The number of amides is 1. The number of primary amides is 1. The lowest BCUT2D eigenvalue weighted by Gasteiger charge is -2.23. The van der Waals surface area contributed by atoms with Gasteiger partial charge in [-0.1, -0.05) is 13.8 Å². The van der Waals surface area contributed by atoms with Crippen LogP contribution >= 0.6 is 0 Å². The lowest BCUT2D eigenvalue weighted by atomic mass is 10.1. The SMILES string of the molecule is CCC(C(N)=O)N1CCC(C)C1. The van der Waals surface area contributed by atoms with E-state index in [2.05, 4.69) is 11.8 Å². The molecule has 2 N–H and O–H groups in total. The lowest BCUT2D eigenvalue weighted by molar-refractivity contribution is -0.123. The molecule has 1 aliphatic heterocycles. The van der Waals surface area contributed by atoms with Crippen molar-refractivity contribution in [2.75, 3.05) is 13.1 Å². The second kappa shape index (κ2) is 3.90. The van der Waals surface area contributed by atoms with Crippen molar-refractivity contribution in [3.8, 4) is 0 Å². The topological polar surface area (TPSA) is 46.3 Å². The average Bonchev–Trinajstić information content (AvgIpc) is 2.37. The predicted octanol–water partition coefficient (Wildman–Crippen LogP) is 0.592. The van der Waals surface area contributed by atoms with Crippen molar-refractivity contribution in [1.82, 2.24) is 4.90 Å². The maximum Gasteiger partial charge on any atom is 0.234 e. The molecule has 3 nitrogen and oxygen atoms in total. The molecule has 1 saturated heterocycles. The Hall–Kier alpha value is -0.570. The van der Waals surface area contributed by atoms with Crippen molar-refractivity contribution in [1.29, 1.82) is 0 Å². The highest BCUT2D eigenvalue weighted by Crippen LogP contribution is 2.18. The first kappa shape index (κ1) is 9.52. The lowest BCUT2D eigenvalue weighted by Crippen LogP contribution is -2.43. The molecule has 12 heavy (non-hydrogen) atoms. The molecular formula is C9H18N2O. The second-order valence-corrected chi connectivity index (χ2v) is 3.72. The normalized spacial score (nSPS) is 27.3. The number of likely N-dealkylation sites (tertiary alicyclic amines) is 1. The molecule has 0 saturated carbocycles. The zero-order valence-electron chi connectivity index (χ0n) is 7.92. The minimum atomic E-state index is -0.174. The monoisotopic (exact) mass is 170 g/mol. The van der Waals surface area contributed by atoms with Gasteiger partial charge in [0.1, 0.15) is 0 Å². The summed E-state index contributed by atoms with van der Waals surface area (Å²) < 4.78 is 0. The van der Waals surface area contributed by atoms with Gasteiger partial charge in [0.15, 0.2) is 0 Å². The largest absolute Gasteiger partial charge is 0.368 e. The van der Waals surface area contributed by atoms with E-state index in [1.54, 1.807) is 0 Å². The summed E-state index contributed by atoms with van der Waals surface area (Å²) in [5.41, 5.74) is 5.29. The summed E-state index contributed by atoms with van der Waals surface area (Å²) in [5, 5.41) is 0. The molecule has 0 aliphatic carbocycles. The highest BCUT2D eigenvalue weighted by atomic mass is 16.1. The maximum atomic E-state index is 11.0. The highest BCUT2D eigenvalue weighted by molar-refractivity contribution is 5.79. The van der Waals surface area contributed by atoms with Gasteiger partial charge >= 0.3 is 0 Å². The zero-order valence-corrected chi connectivity index (χ0v) is 7.92. The average molecular weight is 170 g/mol. The molecule has 0 aromatic carbocycles. The quantitative estimate of drug-likeness (QED) is 0.674. The van der Waals surface area contributed by atoms with Gasteiger partial charge in [-0.15, -0.1) is 0 Å². The van der Waals surface area contributed by atoms with Crippen LogP contribution in [0.1, 0.15) is 26.7 Å². The molecule has 2 atom stereocenters. The second-order valence-electron chi connectivity index (χ2n) is 3.72. The number of hydrogen-bond donors (Lipinski definition) is 1. The molecule has 1 amide bonds. The van der Waals surface area contributed by atoms with Crippen molar-refractivity contribution in [3.63, 3.8) is 0 Å². The fraction of sp³-hybridized carbons (Fsp3) is 0.889. The van der Waals surface area contributed by atoms with Crippen LogP contribution in [-0.4, -0.2) is 29.9 Å². The number of nitrogens with two attached hydrogens (primary N) is 1. The van der Waals surface area contributed by atoms with E-state index in [1.807, 2.05) is 6.92 Å². The van der Waals surface area contributed by atoms with Crippen LogP contribution in [0.25, 0.3) is 0 Å². The first-order valence-electron chi connectivity index (χ1n) is 4.68. The highest BCUT2D eigenvalue weighted by Gasteiger charge is 2.27. The Balaban J connectivity index is 2.49. The molecule has 1 aliphatic rings. The Morgan fingerprint density at radius 3 is 2.75 bits per heavy atom. The zero-order chi connectivity index (χ0) is 9.14. The fourth-order valence-corrected chi connectivity index (χ4v) is 1.89. The van der Waals surface area contributed by atoms with E-state index >= 15 is 0 Å². The number of rotatable bonds is 3. The van der Waals surface area contributed by atoms with Gasteiger partial charge in [0.2, 0.25) is 5.91 Å². The third-order valence-corrected chi connectivity index (χ3v) is 2.61. The first-order chi connectivity index (χ1) is 5.65. The van der Waals surface area contributed by atoms with Crippen LogP contribution in [0.5, 0.6) is 0 Å². The summed E-state index contributed by atoms with van der Waals surface area (Å²) in [7, 11) is 0. The summed E-state index contributed by atoms with van der Waals surface area (Å²) in [6.07, 6.45) is 2.03. The van der Waals surface area contributed by atoms with Gasteiger partial charge in [-0.2, -0.15) is 0 Å². The van der Waals surface area contributed by atoms with Crippen molar-refractivity contribution >= 4 is 5.91 Å². The maximum absolute atomic E-state index is 11.0. The first-order valence-corrected chi connectivity index (χ1v) is 4.68. The minimum Gasteiger partial charge on any atom is -0.368 e. The van der Waals surface area contributed by atoms with E-state index in [4.69, 9.17) is 5.73 Å². The number of hydrogen-bond acceptors (Lipinski definition) is 2. The van der Waals surface area contributed by atoms with Crippen LogP contribution in [0.3, 0.4) is 0 Å². The van der Waals surface area contributed by atoms with Crippen LogP contribution in [-0.2, 0) is 4.79 Å². The minimum absolute atomic E-state index is 0.0325. The van der Waals surface area contributed by atoms with Crippen molar-refractivity contribution in [2.45, 2.75) is 32.7 Å². The van der Waals surface area contributed by atoms with Crippen LogP contribution in [0.2, 0.25) is 0 Å². The molecule has 0 bridgehead atoms. The third-order valence-electron chi connectivity index (χ3n) is 2.61. The molecule has 1 heterocycles. The van der Waals surface area contributed by atoms with Crippen molar-refractivity contribution < 1.29 is 4.79 Å². The van der Waals surface area contributed by atoms with Crippen LogP contribution in [0.15, 0.2) is 0 Å². The van der Waals surface area contributed by atoms with Gasteiger partial charge < -0.3 is 5.73 Å². The Morgan fingerprint density at radius 2 is 2.42 bits per heavy atom. The number of carbonyl (C=O) groups is 1. The summed E-state index contributed by atoms with van der Waals surface area (Å²) in [4.78, 5) is 13.2. The van der Waals surface area contributed by atoms with Crippen LogP contribution < -0.4 is 5.73 Å². The number of carbonyl (C=O) groups excluding carboxylic acids is 1. The smallest absolute Gasteiger partial charge is 0.234 e. The van der Waals surface area contributed by atoms with Crippen molar-refractivity contribution in [3.05, 3.63) is 0 Å². The van der Waals surface area contributed by atoms with E-state index in [0.717, 1.165) is 25.4 Å². The molecule has 1 fully saturated rings. The third kappa shape index (κ3) is 1.97. The van der Waals surface area contributed by atoms with Gasteiger partial charge in [-0.05, 0) is 25.3 Å². The van der Waals surface area contributed by atoms with Gasteiger partial charge in [0.25, 0.3) is 0 Å². The van der Waals surface area contributed by atoms with E-state index < -0.39 is 0 Å². The summed E-state index contributed by atoms with van der Waals surface area (Å²) in [6, 6.07) is -0.0325. The Labute approximate surface area is 73.9 Å². The van der Waals surface area contributed by atoms with Gasteiger partial charge in [-0.25, -0.2) is 0 Å². The van der Waals surface area contributed by atoms with Gasteiger partial charge in [0.05, 0.1) is 6.04 Å². The molecule has 0 aromatic rings. The molecule has 3 heteroatoms. The summed E-state index contributed by atoms with van der Waals surface area (Å²) >= 11 is 0. The van der Waals surface area contributed by atoms with E-state index in [-0.39, 0.29) is 11.9 Å². The standard InChI is InChI=1S/C9H18N2O/c1-3-8(9(10)12)11-5-4-7(2)6-11/h7-8H,3-6H2,1-2H3,(H2,10,12). The number of nitrogens with zero attached hydrogens (tertiary/aromatic N) is 1. The molecule has 1 rings (SSSR count). The van der Waals surface area contributed by atoms with Gasteiger partial charge in [0, 0.05) is 6.54 Å².